The first kappa shape index (κ1) is 11.9. The summed E-state index contributed by atoms with van der Waals surface area (Å²) >= 11 is 0. The molecule has 0 aromatic rings. The van der Waals surface area contributed by atoms with Gasteiger partial charge in [-0.25, -0.2) is 0 Å². The van der Waals surface area contributed by atoms with E-state index < -0.39 is 0 Å². The number of carbonyl (C=O) groups excluding carboxylic acids is 1. The average molecular weight is 256 g/mol. The van der Waals surface area contributed by atoms with Crippen molar-refractivity contribution >= 4 is 5.78 Å². The molecule has 0 unspecified atom stereocenters. The Morgan fingerprint density at radius 3 is 2.95 bits per heavy atom. The highest BCUT2D eigenvalue weighted by molar-refractivity contribution is 5.87. The maximum atomic E-state index is 12.3. The molecule has 19 heavy (non-hydrogen) atoms. The lowest BCUT2D eigenvalue weighted by Gasteiger charge is -2.46. The second kappa shape index (κ2) is 4.07. The normalized spacial score (nSPS) is 41.5. The van der Waals surface area contributed by atoms with Crippen molar-refractivity contribution in [2.24, 2.45) is 17.3 Å². The minimum absolute atomic E-state index is 0.0324. The van der Waals surface area contributed by atoms with Crippen LogP contribution >= 0.6 is 0 Å². The first-order chi connectivity index (χ1) is 9.20. The fraction of sp³-hybridized carbons (Fsp3) is 0.722. The Balaban J connectivity index is 1.76. The smallest absolute Gasteiger partial charge is 0.139 e. The maximum Gasteiger partial charge on any atom is 0.139 e. The van der Waals surface area contributed by atoms with E-state index in [-0.39, 0.29) is 5.41 Å². The number of fused-ring (bicyclic) bond motifs is 4. The van der Waals surface area contributed by atoms with Crippen molar-refractivity contribution in [1.82, 2.24) is 0 Å². The second-order valence-electron chi connectivity index (χ2n) is 7.26. The highest BCUT2D eigenvalue weighted by atomic mass is 16.1. The molecule has 0 bridgehead atoms. The summed E-state index contributed by atoms with van der Waals surface area (Å²) in [6.45, 7) is 2.26. The molecule has 0 N–H and O–H groups in total. The molecule has 0 aromatic heterocycles. The SMILES string of the molecule is C[C@]12CCC3=C4CCCC=C4CC[C@H]3[C@@H]1CCC2=O. The molecule has 0 amide bonds. The van der Waals surface area contributed by atoms with Gasteiger partial charge in [0.2, 0.25) is 0 Å². The fourth-order valence-corrected chi connectivity index (χ4v) is 5.41. The zero-order valence-electron chi connectivity index (χ0n) is 12.0. The predicted octanol–water partition coefficient (Wildman–Crippen LogP) is 4.58. The highest BCUT2D eigenvalue weighted by Gasteiger charge is 2.53. The Labute approximate surface area is 116 Å². The van der Waals surface area contributed by atoms with Gasteiger partial charge in [-0.1, -0.05) is 18.6 Å². The molecule has 0 aliphatic heterocycles. The van der Waals surface area contributed by atoms with Crippen LogP contribution in [0, 0.1) is 17.3 Å². The minimum Gasteiger partial charge on any atom is -0.299 e. The summed E-state index contributed by atoms with van der Waals surface area (Å²) in [5.41, 5.74) is 5.20. The Morgan fingerprint density at radius 2 is 2.05 bits per heavy atom. The number of allylic oxidation sites excluding steroid dienone is 4. The van der Waals surface area contributed by atoms with E-state index in [1.54, 1.807) is 16.7 Å². The molecule has 1 heteroatoms. The topological polar surface area (TPSA) is 17.1 Å². The minimum atomic E-state index is 0.0324. The van der Waals surface area contributed by atoms with Gasteiger partial charge in [0.1, 0.15) is 5.78 Å². The molecule has 4 aliphatic rings. The first-order valence-corrected chi connectivity index (χ1v) is 8.15. The third kappa shape index (κ3) is 1.57. The summed E-state index contributed by atoms with van der Waals surface area (Å²) in [6.07, 6.45) is 13.4. The molecule has 0 saturated heterocycles. The van der Waals surface area contributed by atoms with E-state index in [9.17, 15) is 4.79 Å². The van der Waals surface area contributed by atoms with Gasteiger partial charge in [-0.2, -0.15) is 0 Å². The Kier molecular flexibility index (Phi) is 2.56. The molecule has 4 aliphatic carbocycles. The molecular formula is C18H24O. The van der Waals surface area contributed by atoms with E-state index in [1.165, 1.54) is 38.5 Å². The lowest BCUT2D eigenvalue weighted by molar-refractivity contribution is -0.128. The van der Waals surface area contributed by atoms with Crippen LogP contribution in [0.25, 0.3) is 0 Å². The molecule has 0 radical (unpaired) electrons. The van der Waals surface area contributed by atoms with Crippen LogP contribution < -0.4 is 0 Å². The van der Waals surface area contributed by atoms with Gasteiger partial charge in [-0.05, 0) is 74.3 Å². The molecule has 0 spiro atoms. The van der Waals surface area contributed by atoms with Crippen molar-refractivity contribution in [2.45, 2.75) is 64.7 Å². The summed E-state index contributed by atoms with van der Waals surface area (Å²) in [6, 6.07) is 0. The molecule has 3 atom stereocenters. The molecule has 2 fully saturated rings. The third-order valence-electron chi connectivity index (χ3n) is 6.51. The second-order valence-corrected chi connectivity index (χ2v) is 7.26. The summed E-state index contributed by atoms with van der Waals surface area (Å²) < 4.78 is 0. The summed E-state index contributed by atoms with van der Waals surface area (Å²) in [4.78, 5) is 12.3. The monoisotopic (exact) mass is 256 g/mol. The van der Waals surface area contributed by atoms with Crippen molar-refractivity contribution in [1.29, 1.82) is 0 Å². The first-order valence-electron chi connectivity index (χ1n) is 8.15. The van der Waals surface area contributed by atoms with E-state index in [1.807, 2.05) is 0 Å². The van der Waals surface area contributed by atoms with Crippen molar-refractivity contribution in [3.8, 4) is 0 Å². The number of carbonyl (C=O) groups is 1. The number of ketones is 1. The van der Waals surface area contributed by atoms with Crippen molar-refractivity contribution in [3.05, 3.63) is 22.8 Å². The average Bonchev–Trinajstić information content (AvgIpc) is 2.75. The Bertz CT molecular complexity index is 496. The largest absolute Gasteiger partial charge is 0.299 e. The zero-order valence-corrected chi connectivity index (χ0v) is 12.0. The Morgan fingerprint density at radius 1 is 1.16 bits per heavy atom. The fourth-order valence-electron chi connectivity index (χ4n) is 5.41. The van der Waals surface area contributed by atoms with Gasteiger partial charge >= 0.3 is 0 Å². The van der Waals surface area contributed by atoms with Gasteiger partial charge in [0, 0.05) is 11.8 Å². The van der Waals surface area contributed by atoms with Crippen LogP contribution in [0.1, 0.15) is 64.7 Å². The van der Waals surface area contributed by atoms with Crippen LogP contribution in [0.4, 0.5) is 0 Å². The molecule has 2 saturated carbocycles. The Hall–Kier alpha value is -0.850. The van der Waals surface area contributed by atoms with Gasteiger partial charge in [0.25, 0.3) is 0 Å². The van der Waals surface area contributed by atoms with E-state index in [2.05, 4.69) is 13.0 Å². The van der Waals surface area contributed by atoms with Crippen LogP contribution in [0.5, 0.6) is 0 Å². The zero-order chi connectivity index (χ0) is 13.0. The van der Waals surface area contributed by atoms with E-state index in [0.29, 0.717) is 11.7 Å². The van der Waals surface area contributed by atoms with Crippen molar-refractivity contribution in [2.75, 3.05) is 0 Å². The summed E-state index contributed by atoms with van der Waals surface area (Å²) in [5, 5.41) is 0. The molecular weight excluding hydrogens is 232 g/mol. The lowest BCUT2D eigenvalue weighted by Crippen LogP contribution is -2.40. The van der Waals surface area contributed by atoms with Crippen LogP contribution in [0.15, 0.2) is 22.8 Å². The van der Waals surface area contributed by atoms with Gasteiger partial charge < -0.3 is 0 Å². The maximum absolute atomic E-state index is 12.3. The molecule has 102 valence electrons. The summed E-state index contributed by atoms with van der Waals surface area (Å²) in [5.74, 6) is 1.97. The number of hydrogen-bond donors (Lipinski definition) is 0. The molecule has 0 aromatic carbocycles. The molecule has 0 heterocycles. The van der Waals surface area contributed by atoms with Crippen LogP contribution in [0.2, 0.25) is 0 Å². The van der Waals surface area contributed by atoms with Crippen molar-refractivity contribution in [3.63, 3.8) is 0 Å². The number of rotatable bonds is 0. The lowest BCUT2D eigenvalue weighted by atomic mass is 9.58. The third-order valence-corrected chi connectivity index (χ3v) is 6.51. The number of Topliss-reactive ketones (excluding diaryl/α,β-unsaturated/α-hetero) is 1. The van der Waals surface area contributed by atoms with Gasteiger partial charge in [0.15, 0.2) is 0 Å². The summed E-state index contributed by atoms with van der Waals surface area (Å²) in [7, 11) is 0. The standard InChI is InChI=1S/C18H24O/c1-18-11-10-14-13-5-3-2-4-12(13)6-7-15(14)16(18)8-9-17(18)19/h4,15-16H,2-3,5-11H2,1H3/t15-,16+,18+/m1/s1. The van der Waals surface area contributed by atoms with E-state index in [0.717, 1.165) is 25.2 Å². The van der Waals surface area contributed by atoms with Gasteiger partial charge in [0.05, 0.1) is 0 Å². The molecule has 1 nitrogen and oxygen atoms in total. The molecule has 4 rings (SSSR count). The van der Waals surface area contributed by atoms with Crippen molar-refractivity contribution < 1.29 is 4.79 Å². The van der Waals surface area contributed by atoms with Crippen LogP contribution in [0.3, 0.4) is 0 Å². The van der Waals surface area contributed by atoms with Crippen LogP contribution in [-0.4, -0.2) is 5.78 Å². The van der Waals surface area contributed by atoms with Gasteiger partial charge in [-0.3, -0.25) is 4.79 Å². The van der Waals surface area contributed by atoms with Gasteiger partial charge in [-0.15, -0.1) is 0 Å². The predicted molar refractivity (Wildman–Crippen MR) is 76.8 cm³/mol. The van der Waals surface area contributed by atoms with E-state index in [4.69, 9.17) is 0 Å². The quantitative estimate of drug-likeness (QED) is 0.620. The van der Waals surface area contributed by atoms with E-state index >= 15 is 0 Å². The highest BCUT2D eigenvalue weighted by Crippen LogP contribution is 2.58. The van der Waals surface area contributed by atoms with Crippen LogP contribution in [-0.2, 0) is 4.79 Å². The number of hydrogen-bond acceptors (Lipinski definition) is 1.